The van der Waals surface area contributed by atoms with Gasteiger partial charge in [0, 0.05) is 0 Å². The predicted octanol–water partition coefficient (Wildman–Crippen LogP) is -0.136. The van der Waals surface area contributed by atoms with E-state index in [1.807, 2.05) is 5.32 Å². The van der Waals surface area contributed by atoms with Crippen molar-refractivity contribution in [1.29, 1.82) is 0 Å². The molecule has 0 saturated heterocycles. The fraction of sp³-hybridized carbons (Fsp3) is 0.600. The van der Waals surface area contributed by atoms with Gasteiger partial charge in [-0.3, -0.25) is 4.79 Å². The van der Waals surface area contributed by atoms with Crippen molar-refractivity contribution in [3.05, 3.63) is 0 Å². The van der Waals surface area contributed by atoms with Crippen molar-refractivity contribution in [2.24, 2.45) is 5.92 Å². The van der Waals surface area contributed by atoms with Gasteiger partial charge in [0.1, 0.15) is 23.8 Å². The van der Waals surface area contributed by atoms with Crippen molar-refractivity contribution >= 4 is 24.3 Å². The zero-order valence-corrected chi connectivity index (χ0v) is 10.2. The summed E-state index contributed by atoms with van der Waals surface area (Å²) in [6.45, 7) is 4.66. The van der Waals surface area contributed by atoms with Crippen LogP contribution in [0.5, 0.6) is 0 Å². The highest BCUT2D eigenvalue weighted by Gasteiger charge is 2.36. The molecule has 3 N–H and O–H groups in total. The van der Waals surface area contributed by atoms with Crippen LogP contribution in [0.3, 0.4) is 0 Å². The van der Waals surface area contributed by atoms with E-state index in [1.54, 1.807) is 20.8 Å². The molecule has 0 aromatic heterocycles. The Kier molecular flexibility index (Phi) is 5.28. The van der Waals surface area contributed by atoms with Crippen LogP contribution < -0.4 is 5.32 Å². The molecule has 0 radical (unpaired) electrons. The zero-order valence-electron chi connectivity index (χ0n) is 10.2. The van der Waals surface area contributed by atoms with E-state index < -0.39 is 35.6 Å². The Balaban J connectivity index is 4.84. The quantitative estimate of drug-likeness (QED) is 0.464. The highest BCUT2D eigenvalue weighted by molar-refractivity contribution is 5.95. The molecule has 102 valence electrons. The maximum absolute atomic E-state index is 11.3. The third-order valence-electron chi connectivity index (χ3n) is 1.73. The van der Waals surface area contributed by atoms with Gasteiger partial charge >= 0.3 is 18.0 Å². The summed E-state index contributed by atoms with van der Waals surface area (Å²) >= 11 is 0. The monoisotopic (exact) mass is 261 g/mol. The third-order valence-corrected chi connectivity index (χ3v) is 1.73. The first-order valence-corrected chi connectivity index (χ1v) is 4.99. The lowest BCUT2D eigenvalue weighted by Crippen LogP contribution is -2.50. The minimum absolute atomic E-state index is 0.0571. The second-order valence-electron chi connectivity index (χ2n) is 4.46. The number of hydrogen-bond donors (Lipinski definition) is 3. The molecule has 2 atom stereocenters. The first-order valence-electron chi connectivity index (χ1n) is 4.99. The number of aldehydes is 1. The van der Waals surface area contributed by atoms with Crippen molar-refractivity contribution in [1.82, 2.24) is 5.32 Å². The minimum atomic E-state index is -1.88. The van der Waals surface area contributed by atoms with Crippen LogP contribution in [-0.2, 0) is 19.1 Å². The van der Waals surface area contributed by atoms with E-state index in [4.69, 9.17) is 14.9 Å². The molecule has 0 aliphatic heterocycles. The maximum atomic E-state index is 11.3. The first-order chi connectivity index (χ1) is 8.08. The molecule has 8 nitrogen and oxygen atoms in total. The fourth-order valence-electron chi connectivity index (χ4n) is 1.02. The Morgan fingerprint density at radius 1 is 1.17 bits per heavy atom. The Morgan fingerprint density at radius 3 is 1.94 bits per heavy atom. The lowest BCUT2D eigenvalue weighted by atomic mass is 10.0. The molecule has 0 aromatic rings. The molecule has 0 heterocycles. The number of ether oxygens (including phenoxy) is 1. The van der Waals surface area contributed by atoms with Gasteiger partial charge in [-0.15, -0.1) is 0 Å². The standard InChI is InChI=1S/C10H15NO7/c1-10(2,3)18-9(17)11-6(8(15)16)5(4-12)7(13)14/h4-6H,1-3H3,(H,11,17)(H,13,14)(H,15,16)/t5?,6-/m0/s1. The van der Waals surface area contributed by atoms with Gasteiger partial charge in [0.25, 0.3) is 0 Å². The molecular formula is C10H15NO7. The number of rotatable bonds is 5. The molecule has 0 fully saturated rings. The predicted molar refractivity (Wildman–Crippen MR) is 58.0 cm³/mol. The Labute approximate surface area is 103 Å². The summed E-state index contributed by atoms with van der Waals surface area (Å²) in [7, 11) is 0. The van der Waals surface area contributed by atoms with Crippen LogP contribution in [0.4, 0.5) is 4.79 Å². The van der Waals surface area contributed by atoms with Crippen molar-refractivity contribution in [2.75, 3.05) is 0 Å². The van der Waals surface area contributed by atoms with Gasteiger partial charge in [-0.1, -0.05) is 0 Å². The number of alkyl carbamates (subject to hydrolysis) is 1. The lowest BCUT2D eigenvalue weighted by Gasteiger charge is -2.22. The van der Waals surface area contributed by atoms with Crippen LogP contribution in [0, 0.1) is 5.92 Å². The van der Waals surface area contributed by atoms with Gasteiger partial charge in [0.15, 0.2) is 0 Å². The molecule has 0 spiro atoms. The molecule has 8 heteroatoms. The number of carbonyl (C=O) groups is 4. The Hall–Kier alpha value is -2.12. The molecular weight excluding hydrogens is 246 g/mol. The fourth-order valence-corrected chi connectivity index (χ4v) is 1.02. The van der Waals surface area contributed by atoms with Gasteiger partial charge in [-0.25, -0.2) is 9.59 Å². The molecule has 1 amide bonds. The van der Waals surface area contributed by atoms with Crippen LogP contribution in [0.1, 0.15) is 20.8 Å². The van der Waals surface area contributed by atoms with Crippen LogP contribution >= 0.6 is 0 Å². The second kappa shape index (κ2) is 5.99. The molecule has 0 saturated carbocycles. The van der Waals surface area contributed by atoms with E-state index in [-0.39, 0.29) is 6.29 Å². The molecule has 0 aromatic carbocycles. The first kappa shape index (κ1) is 15.9. The number of aliphatic carboxylic acids is 2. The summed E-state index contributed by atoms with van der Waals surface area (Å²) in [5.74, 6) is -5.16. The zero-order chi connectivity index (χ0) is 14.5. The van der Waals surface area contributed by atoms with Crippen molar-refractivity contribution in [3.63, 3.8) is 0 Å². The molecule has 0 rings (SSSR count). The van der Waals surface area contributed by atoms with E-state index in [9.17, 15) is 19.2 Å². The maximum Gasteiger partial charge on any atom is 0.408 e. The SMILES string of the molecule is CC(C)(C)OC(=O)N[C@H](C(=O)O)C(C=O)C(=O)O. The molecule has 18 heavy (non-hydrogen) atoms. The number of amides is 1. The Morgan fingerprint density at radius 2 is 1.67 bits per heavy atom. The average Bonchev–Trinajstić information content (AvgIpc) is 2.13. The topological polar surface area (TPSA) is 130 Å². The third kappa shape index (κ3) is 5.28. The summed E-state index contributed by atoms with van der Waals surface area (Å²) in [6, 6.07) is -1.88. The highest BCUT2D eigenvalue weighted by atomic mass is 16.6. The van der Waals surface area contributed by atoms with Gasteiger partial charge in [0.05, 0.1) is 0 Å². The van der Waals surface area contributed by atoms with E-state index in [2.05, 4.69) is 0 Å². The lowest BCUT2D eigenvalue weighted by molar-refractivity contribution is -0.152. The summed E-state index contributed by atoms with van der Waals surface area (Å²) < 4.78 is 4.77. The number of hydrogen-bond acceptors (Lipinski definition) is 5. The van der Waals surface area contributed by atoms with Crippen molar-refractivity contribution < 1.29 is 34.1 Å². The Bertz CT molecular complexity index is 358. The summed E-state index contributed by atoms with van der Waals surface area (Å²) in [5.41, 5.74) is -0.868. The average molecular weight is 261 g/mol. The highest BCUT2D eigenvalue weighted by Crippen LogP contribution is 2.08. The summed E-state index contributed by atoms with van der Waals surface area (Å²) in [6.07, 6.45) is -1.17. The number of carbonyl (C=O) groups excluding carboxylic acids is 2. The molecule has 0 aliphatic rings. The van der Waals surface area contributed by atoms with Gasteiger partial charge in [-0.2, -0.15) is 0 Å². The smallest absolute Gasteiger partial charge is 0.408 e. The summed E-state index contributed by atoms with van der Waals surface area (Å²) in [4.78, 5) is 43.3. The van der Waals surface area contributed by atoms with Gasteiger partial charge in [0.2, 0.25) is 0 Å². The molecule has 0 bridgehead atoms. The van der Waals surface area contributed by atoms with Crippen molar-refractivity contribution in [3.8, 4) is 0 Å². The normalized spacial score (nSPS) is 14.2. The number of carboxylic acids is 2. The molecule has 0 aliphatic carbocycles. The second-order valence-corrected chi connectivity index (χ2v) is 4.46. The van der Waals surface area contributed by atoms with Crippen LogP contribution in [0.2, 0.25) is 0 Å². The van der Waals surface area contributed by atoms with Gasteiger partial charge < -0.3 is 25.1 Å². The van der Waals surface area contributed by atoms with Crippen LogP contribution in [0.25, 0.3) is 0 Å². The minimum Gasteiger partial charge on any atom is -0.481 e. The van der Waals surface area contributed by atoms with Crippen LogP contribution in [-0.4, -0.2) is 46.2 Å². The summed E-state index contributed by atoms with van der Waals surface area (Å²) in [5, 5.41) is 19.3. The van der Waals surface area contributed by atoms with Gasteiger partial charge in [-0.05, 0) is 20.8 Å². The van der Waals surface area contributed by atoms with E-state index in [0.29, 0.717) is 0 Å². The van der Waals surface area contributed by atoms with E-state index in [1.165, 1.54) is 0 Å². The largest absolute Gasteiger partial charge is 0.481 e. The van der Waals surface area contributed by atoms with Crippen LogP contribution in [0.15, 0.2) is 0 Å². The van der Waals surface area contributed by atoms with E-state index >= 15 is 0 Å². The number of carboxylic acid groups (broad SMARTS) is 2. The molecule has 1 unspecified atom stereocenters. The van der Waals surface area contributed by atoms with Crippen molar-refractivity contribution in [2.45, 2.75) is 32.4 Å². The van der Waals surface area contributed by atoms with E-state index in [0.717, 1.165) is 0 Å². The number of nitrogens with one attached hydrogen (secondary N) is 1.